The van der Waals surface area contributed by atoms with E-state index in [4.69, 9.17) is 11.6 Å². The third-order valence-corrected chi connectivity index (χ3v) is 8.90. The molecule has 0 amide bonds. The molecule has 12 heteroatoms. The SMILES string of the molecule is CC(C)(c1ccc(F)c(C(F)F)c1)c1cnc(SCc2ccc(NNCNN3CCCC3)cc2Cl)n1-c1ccc(F)cc1. The summed E-state index contributed by atoms with van der Waals surface area (Å²) in [5, 5.41) is 3.38. The molecule has 4 aromatic rings. The molecule has 0 atom stereocenters. The number of thioether (sulfide) groups is 1. The number of hydrogen-bond donors (Lipinski definition) is 3. The summed E-state index contributed by atoms with van der Waals surface area (Å²) in [5.41, 5.74) is 11.6. The first kappa shape index (κ1) is 31.3. The van der Waals surface area contributed by atoms with E-state index in [2.05, 4.69) is 26.3 Å². The molecular formula is C31H33ClF4N6S. The summed E-state index contributed by atoms with van der Waals surface area (Å²) in [6.07, 6.45) is 1.13. The molecule has 1 aliphatic heterocycles. The van der Waals surface area contributed by atoms with Crippen LogP contribution in [0.4, 0.5) is 23.2 Å². The summed E-state index contributed by atoms with van der Waals surface area (Å²) < 4.78 is 56.8. The molecule has 1 saturated heterocycles. The lowest BCUT2D eigenvalue weighted by molar-refractivity contribution is 0.146. The zero-order valence-corrected chi connectivity index (χ0v) is 25.4. The molecule has 1 aliphatic rings. The van der Waals surface area contributed by atoms with Crippen LogP contribution >= 0.6 is 23.4 Å². The van der Waals surface area contributed by atoms with E-state index in [1.165, 1.54) is 48.9 Å². The predicted octanol–water partition coefficient (Wildman–Crippen LogP) is 7.83. The van der Waals surface area contributed by atoms with Gasteiger partial charge in [-0.3, -0.25) is 4.57 Å². The Morgan fingerprint density at radius 2 is 1.74 bits per heavy atom. The number of imidazole rings is 1. The summed E-state index contributed by atoms with van der Waals surface area (Å²) in [6, 6.07) is 15.4. The Hall–Kier alpha value is -3.09. The molecule has 228 valence electrons. The second kappa shape index (κ2) is 13.7. The topological polar surface area (TPSA) is 57.2 Å². The fraction of sp³-hybridized carbons (Fsp3) is 0.323. The van der Waals surface area contributed by atoms with E-state index < -0.39 is 23.2 Å². The zero-order chi connectivity index (χ0) is 30.6. The van der Waals surface area contributed by atoms with Gasteiger partial charge in [0.1, 0.15) is 11.6 Å². The average molecular weight is 633 g/mol. The standard InChI is InChI=1S/C31H33ClF4N6S/c1-31(2,21-6-12-27(34)25(15-21)29(35)36)28-17-37-30(42(28)24-10-7-22(33)8-11-24)43-18-20-5-9-23(16-26(20)32)40-38-19-39-41-13-3-4-14-41/h5-12,15-17,29,38-40H,3-4,13-14,18-19H2,1-2H3. The van der Waals surface area contributed by atoms with Crippen molar-refractivity contribution in [2.75, 3.05) is 25.2 Å². The number of anilines is 1. The highest BCUT2D eigenvalue weighted by molar-refractivity contribution is 7.98. The maximum atomic E-state index is 14.1. The van der Waals surface area contributed by atoms with Crippen LogP contribution in [-0.2, 0) is 11.2 Å². The molecule has 43 heavy (non-hydrogen) atoms. The molecule has 5 rings (SSSR count). The minimum atomic E-state index is -2.95. The van der Waals surface area contributed by atoms with Gasteiger partial charge in [0.2, 0.25) is 0 Å². The average Bonchev–Trinajstić information content (AvgIpc) is 3.66. The van der Waals surface area contributed by atoms with E-state index in [9.17, 15) is 17.6 Å². The van der Waals surface area contributed by atoms with E-state index in [-0.39, 0.29) is 5.82 Å². The number of hydrazine groups is 2. The van der Waals surface area contributed by atoms with Crippen LogP contribution in [0.1, 0.15) is 55.5 Å². The molecule has 0 aliphatic carbocycles. The maximum Gasteiger partial charge on any atom is 0.266 e. The second-order valence-corrected chi connectivity index (χ2v) is 12.2. The number of hydrogen-bond acceptors (Lipinski definition) is 6. The number of nitrogens with one attached hydrogen (secondary N) is 3. The highest BCUT2D eigenvalue weighted by Gasteiger charge is 2.31. The third-order valence-electron chi connectivity index (χ3n) is 7.55. The summed E-state index contributed by atoms with van der Waals surface area (Å²) >= 11 is 8.07. The molecule has 0 unspecified atom stereocenters. The van der Waals surface area contributed by atoms with Crippen molar-refractivity contribution in [1.29, 1.82) is 0 Å². The van der Waals surface area contributed by atoms with Gasteiger partial charge < -0.3 is 5.43 Å². The van der Waals surface area contributed by atoms with E-state index in [0.717, 1.165) is 30.4 Å². The lowest BCUT2D eigenvalue weighted by Gasteiger charge is -2.28. The predicted molar refractivity (Wildman–Crippen MR) is 164 cm³/mol. The van der Waals surface area contributed by atoms with Crippen molar-refractivity contribution in [2.45, 2.75) is 49.4 Å². The van der Waals surface area contributed by atoms with E-state index in [1.807, 2.05) is 36.6 Å². The Morgan fingerprint density at radius 3 is 2.44 bits per heavy atom. The fourth-order valence-electron chi connectivity index (χ4n) is 5.02. The van der Waals surface area contributed by atoms with Gasteiger partial charge >= 0.3 is 0 Å². The van der Waals surface area contributed by atoms with Gasteiger partial charge in [0.15, 0.2) is 5.16 Å². The molecule has 3 N–H and O–H groups in total. The summed E-state index contributed by atoms with van der Waals surface area (Å²) in [5.74, 6) is -0.848. The number of benzene rings is 3. The molecule has 0 spiro atoms. The number of nitrogens with zero attached hydrogens (tertiary/aromatic N) is 3. The first-order chi connectivity index (χ1) is 20.6. The van der Waals surface area contributed by atoms with Crippen LogP contribution in [0.2, 0.25) is 5.02 Å². The van der Waals surface area contributed by atoms with Crippen molar-refractivity contribution in [3.8, 4) is 5.69 Å². The van der Waals surface area contributed by atoms with Gasteiger partial charge in [-0.1, -0.05) is 49.3 Å². The Balaban J connectivity index is 1.35. The minimum absolute atomic E-state index is 0.388. The molecule has 3 aromatic carbocycles. The van der Waals surface area contributed by atoms with E-state index >= 15 is 0 Å². The van der Waals surface area contributed by atoms with Gasteiger partial charge in [-0.2, -0.15) is 0 Å². The number of alkyl halides is 2. The van der Waals surface area contributed by atoms with Crippen LogP contribution in [-0.4, -0.2) is 34.3 Å². The summed E-state index contributed by atoms with van der Waals surface area (Å²) in [6.45, 7) is 6.38. The molecule has 1 fully saturated rings. The molecule has 2 heterocycles. The van der Waals surface area contributed by atoms with Crippen molar-refractivity contribution in [3.63, 3.8) is 0 Å². The molecule has 0 radical (unpaired) electrons. The number of rotatable bonds is 12. The molecule has 0 bridgehead atoms. The number of halogens is 5. The molecule has 1 aromatic heterocycles. The van der Waals surface area contributed by atoms with Crippen molar-refractivity contribution < 1.29 is 17.6 Å². The summed E-state index contributed by atoms with van der Waals surface area (Å²) in [4.78, 5) is 4.66. The summed E-state index contributed by atoms with van der Waals surface area (Å²) in [7, 11) is 0. The molecule has 6 nitrogen and oxygen atoms in total. The van der Waals surface area contributed by atoms with Crippen LogP contribution in [0.5, 0.6) is 0 Å². The maximum absolute atomic E-state index is 14.1. The quantitative estimate of drug-likeness (QED) is 0.0487. The normalized spacial score (nSPS) is 14.1. The highest BCUT2D eigenvalue weighted by atomic mass is 35.5. The van der Waals surface area contributed by atoms with Gasteiger partial charge in [0.05, 0.1) is 29.8 Å². The Morgan fingerprint density at radius 1 is 1.00 bits per heavy atom. The second-order valence-electron chi connectivity index (χ2n) is 10.8. The fourth-order valence-corrected chi connectivity index (χ4v) is 6.35. The van der Waals surface area contributed by atoms with Crippen LogP contribution in [0.15, 0.2) is 72.0 Å². The first-order valence-corrected chi connectivity index (χ1v) is 15.3. The van der Waals surface area contributed by atoms with Crippen LogP contribution in [0.3, 0.4) is 0 Å². The Bertz CT molecular complexity index is 1540. The third kappa shape index (κ3) is 7.35. The lowest BCUT2D eigenvalue weighted by atomic mass is 9.81. The van der Waals surface area contributed by atoms with E-state index in [1.54, 1.807) is 18.3 Å². The lowest BCUT2D eigenvalue weighted by Crippen LogP contribution is -2.43. The molecule has 0 saturated carbocycles. The zero-order valence-electron chi connectivity index (χ0n) is 23.8. The van der Waals surface area contributed by atoms with Crippen LogP contribution < -0.4 is 16.3 Å². The van der Waals surface area contributed by atoms with Crippen molar-refractivity contribution in [1.82, 2.24) is 25.4 Å². The monoisotopic (exact) mass is 632 g/mol. The smallest absolute Gasteiger partial charge is 0.266 e. The van der Waals surface area contributed by atoms with Crippen molar-refractivity contribution >= 4 is 29.1 Å². The Labute approximate surface area is 257 Å². The van der Waals surface area contributed by atoms with Crippen molar-refractivity contribution in [2.24, 2.45) is 0 Å². The molecular weight excluding hydrogens is 600 g/mol. The minimum Gasteiger partial charge on any atom is -0.320 e. The van der Waals surface area contributed by atoms with Gasteiger partial charge in [-0.25, -0.2) is 38.4 Å². The van der Waals surface area contributed by atoms with Gasteiger partial charge in [-0.05, 0) is 72.5 Å². The number of aromatic nitrogens is 2. The Kier molecular flexibility index (Phi) is 9.98. The van der Waals surface area contributed by atoms with Crippen molar-refractivity contribution in [3.05, 3.63) is 106 Å². The van der Waals surface area contributed by atoms with Gasteiger partial charge in [-0.15, -0.1) is 0 Å². The highest BCUT2D eigenvalue weighted by Crippen LogP contribution is 2.39. The van der Waals surface area contributed by atoms with Crippen LogP contribution in [0.25, 0.3) is 5.69 Å². The van der Waals surface area contributed by atoms with Gasteiger partial charge in [0, 0.05) is 35.0 Å². The van der Waals surface area contributed by atoms with Crippen LogP contribution in [0, 0.1) is 11.6 Å². The first-order valence-electron chi connectivity index (χ1n) is 13.9. The van der Waals surface area contributed by atoms with Gasteiger partial charge in [0.25, 0.3) is 6.43 Å². The largest absolute Gasteiger partial charge is 0.320 e. The van der Waals surface area contributed by atoms with E-state index in [0.29, 0.717) is 39.5 Å².